The maximum absolute atomic E-state index is 11.9. The molecular weight excluding hydrogens is 287 g/mol. The zero-order valence-electron chi connectivity index (χ0n) is 12.1. The summed E-state index contributed by atoms with van der Waals surface area (Å²) in [5.41, 5.74) is 0. The van der Waals surface area contributed by atoms with Crippen molar-refractivity contribution in [3.8, 4) is 0 Å². The number of guanidine groups is 1. The Hall–Kier alpha value is -1.02. The van der Waals surface area contributed by atoms with Gasteiger partial charge in [0.25, 0.3) is 0 Å². The highest BCUT2D eigenvalue weighted by atomic mass is 19.4. The number of nitrogens with zero attached hydrogens (tertiary/aromatic N) is 1. The van der Waals surface area contributed by atoms with Crippen LogP contribution in [0.3, 0.4) is 0 Å². The lowest BCUT2D eigenvalue weighted by Gasteiger charge is -2.22. The molecule has 0 aromatic heterocycles. The summed E-state index contributed by atoms with van der Waals surface area (Å²) in [5.74, 6) is 0.659. The Kier molecular flexibility index (Phi) is 5.69. The van der Waals surface area contributed by atoms with Crippen LogP contribution in [0.15, 0.2) is 4.99 Å². The molecule has 2 bridgehead atoms. The molecule has 8 heteroatoms. The van der Waals surface area contributed by atoms with Gasteiger partial charge in [0.05, 0.1) is 18.2 Å². The van der Waals surface area contributed by atoms with E-state index in [2.05, 4.69) is 20.4 Å². The number of fused-ring (bicyclic) bond motifs is 2. The van der Waals surface area contributed by atoms with Crippen LogP contribution in [0.4, 0.5) is 13.2 Å². The van der Waals surface area contributed by atoms with Crippen LogP contribution < -0.4 is 10.6 Å². The van der Waals surface area contributed by atoms with E-state index < -0.39 is 12.8 Å². The van der Waals surface area contributed by atoms with Crippen LogP contribution in [-0.4, -0.2) is 57.2 Å². The Bertz CT molecular complexity index is 363. The zero-order chi connectivity index (χ0) is 15.3. The monoisotopic (exact) mass is 309 g/mol. The van der Waals surface area contributed by atoms with Gasteiger partial charge in [-0.3, -0.25) is 4.99 Å². The molecule has 2 heterocycles. The zero-order valence-corrected chi connectivity index (χ0v) is 12.1. The van der Waals surface area contributed by atoms with Gasteiger partial charge in [-0.05, 0) is 25.7 Å². The molecule has 0 aliphatic carbocycles. The van der Waals surface area contributed by atoms with Crippen molar-refractivity contribution in [2.45, 2.75) is 50.1 Å². The molecule has 0 radical (unpaired) electrons. The highest BCUT2D eigenvalue weighted by Crippen LogP contribution is 2.34. The standard InChI is InChI=1S/C13H22F3N3O2/c1-17-12(18-5-2-6-20-8-13(14,15)16)19-10-7-9-3-4-11(10)21-9/h9-11H,2-8H2,1H3,(H2,17,18,19). The number of halogens is 3. The van der Waals surface area contributed by atoms with E-state index in [-0.39, 0.29) is 18.8 Å². The molecule has 2 N–H and O–H groups in total. The van der Waals surface area contributed by atoms with Crippen molar-refractivity contribution in [3.05, 3.63) is 0 Å². The highest BCUT2D eigenvalue weighted by molar-refractivity contribution is 5.80. The number of hydrogen-bond acceptors (Lipinski definition) is 3. The van der Waals surface area contributed by atoms with Crippen molar-refractivity contribution >= 4 is 5.96 Å². The van der Waals surface area contributed by atoms with E-state index in [1.54, 1.807) is 7.05 Å². The number of alkyl halides is 3. The summed E-state index contributed by atoms with van der Waals surface area (Å²) in [5, 5.41) is 6.38. The molecule has 0 saturated carbocycles. The van der Waals surface area contributed by atoms with Crippen LogP contribution in [0.25, 0.3) is 0 Å². The second-order valence-corrected chi connectivity index (χ2v) is 5.38. The number of hydrogen-bond donors (Lipinski definition) is 2. The van der Waals surface area contributed by atoms with Gasteiger partial charge in [0, 0.05) is 20.2 Å². The van der Waals surface area contributed by atoms with E-state index in [4.69, 9.17) is 4.74 Å². The van der Waals surface area contributed by atoms with Gasteiger partial charge >= 0.3 is 6.18 Å². The number of ether oxygens (including phenoxy) is 2. The molecule has 2 saturated heterocycles. The summed E-state index contributed by atoms with van der Waals surface area (Å²) in [4.78, 5) is 4.11. The first-order chi connectivity index (χ1) is 9.98. The third-order valence-corrected chi connectivity index (χ3v) is 3.68. The van der Waals surface area contributed by atoms with Crippen molar-refractivity contribution in [3.63, 3.8) is 0 Å². The second-order valence-electron chi connectivity index (χ2n) is 5.38. The molecule has 3 unspecified atom stereocenters. The Balaban J connectivity index is 1.56. The van der Waals surface area contributed by atoms with Crippen LogP contribution >= 0.6 is 0 Å². The van der Waals surface area contributed by atoms with E-state index in [0.29, 0.717) is 25.0 Å². The molecule has 5 nitrogen and oxygen atoms in total. The van der Waals surface area contributed by atoms with Crippen LogP contribution in [-0.2, 0) is 9.47 Å². The van der Waals surface area contributed by atoms with Gasteiger partial charge in [-0.25, -0.2) is 0 Å². The average Bonchev–Trinajstić information content (AvgIpc) is 3.02. The predicted molar refractivity (Wildman–Crippen MR) is 72.3 cm³/mol. The third-order valence-electron chi connectivity index (χ3n) is 3.68. The molecule has 0 amide bonds. The van der Waals surface area contributed by atoms with E-state index in [0.717, 1.165) is 19.3 Å². The summed E-state index contributed by atoms with van der Waals surface area (Å²) in [6, 6.07) is 0.274. The van der Waals surface area contributed by atoms with E-state index in [1.807, 2.05) is 0 Å². The SMILES string of the molecule is CN=C(NCCCOCC(F)(F)F)NC1CC2CCC1O2. The first-order valence-corrected chi connectivity index (χ1v) is 7.25. The lowest BCUT2D eigenvalue weighted by atomic mass is 9.96. The van der Waals surface area contributed by atoms with Gasteiger partial charge < -0.3 is 20.1 Å². The number of aliphatic imine (C=N–C) groups is 1. The van der Waals surface area contributed by atoms with Crippen LogP contribution in [0, 0.1) is 0 Å². The van der Waals surface area contributed by atoms with E-state index in [9.17, 15) is 13.2 Å². The fourth-order valence-corrected chi connectivity index (χ4v) is 2.73. The minimum absolute atomic E-state index is 0.0702. The van der Waals surface area contributed by atoms with Gasteiger partial charge in [-0.15, -0.1) is 0 Å². The Morgan fingerprint density at radius 3 is 2.76 bits per heavy atom. The van der Waals surface area contributed by atoms with E-state index in [1.165, 1.54) is 0 Å². The summed E-state index contributed by atoms with van der Waals surface area (Å²) < 4.78 is 45.9. The maximum Gasteiger partial charge on any atom is 0.411 e. The molecule has 0 aromatic carbocycles. The molecule has 21 heavy (non-hydrogen) atoms. The molecule has 2 aliphatic heterocycles. The highest BCUT2D eigenvalue weighted by Gasteiger charge is 2.41. The normalized spacial score (nSPS) is 29.0. The second kappa shape index (κ2) is 7.31. The van der Waals surface area contributed by atoms with Crippen molar-refractivity contribution in [2.75, 3.05) is 26.8 Å². The lowest BCUT2D eigenvalue weighted by Crippen LogP contribution is -2.47. The number of nitrogens with one attached hydrogen (secondary N) is 2. The summed E-state index contributed by atoms with van der Waals surface area (Å²) in [6.07, 6.45) is 0.0393. The lowest BCUT2D eigenvalue weighted by molar-refractivity contribution is -0.173. The molecule has 2 aliphatic rings. The minimum atomic E-state index is -4.26. The van der Waals surface area contributed by atoms with Gasteiger partial charge in [0.15, 0.2) is 5.96 Å². The summed E-state index contributed by atoms with van der Waals surface area (Å²) >= 11 is 0. The molecular formula is C13H22F3N3O2. The van der Waals surface area contributed by atoms with Crippen LogP contribution in [0.2, 0.25) is 0 Å². The van der Waals surface area contributed by atoms with Gasteiger partial charge in [-0.1, -0.05) is 0 Å². The predicted octanol–water partition coefficient (Wildman–Crippen LogP) is 1.44. The van der Waals surface area contributed by atoms with Crippen molar-refractivity contribution < 1.29 is 22.6 Å². The minimum Gasteiger partial charge on any atom is -0.373 e. The average molecular weight is 309 g/mol. The molecule has 122 valence electrons. The quantitative estimate of drug-likeness (QED) is 0.443. The van der Waals surface area contributed by atoms with Crippen LogP contribution in [0.1, 0.15) is 25.7 Å². The Morgan fingerprint density at radius 2 is 2.19 bits per heavy atom. The Labute approximate surface area is 122 Å². The van der Waals surface area contributed by atoms with Crippen molar-refractivity contribution in [2.24, 2.45) is 4.99 Å². The van der Waals surface area contributed by atoms with Gasteiger partial charge in [0.1, 0.15) is 6.61 Å². The number of rotatable bonds is 6. The van der Waals surface area contributed by atoms with Crippen molar-refractivity contribution in [1.29, 1.82) is 0 Å². The fraction of sp³-hybridized carbons (Fsp3) is 0.923. The molecule has 0 aromatic rings. The van der Waals surface area contributed by atoms with E-state index >= 15 is 0 Å². The molecule has 3 atom stereocenters. The third kappa shape index (κ3) is 5.35. The largest absolute Gasteiger partial charge is 0.411 e. The van der Waals surface area contributed by atoms with Gasteiger partial charge in [0.2, 0.25) is 0 Å². The topological polar surface area (TPSA) is 54.9 Å². The van der Waals surface area contributed by atoms with Crippen LogP contribution in [0.5, 0.6) is 0 Å². The first-order valence-electron chi connectivity index (χ1n) is 7.25. The first kappa shape index (κ1) is 16.4. The summed E-state index contributed by atoms with van der Waals surface area (Å²) in [6.45, 7) is -0.609. The molecule has 0 spiro atoms. The Morgan fingerprint density at radius 1 is 1.38 bits per heavy atom. The molecule has 2 fully saturated rings. The summed E-state index contributed by atoms with van der Waals surface area (Å²) in [7, 11) is 1.67. The fourth-order valence-electron chi connectivity index (χ4n) is 2.73. The maximum atomic E-state index is 11.9. The molecule has 2 rings (SSSR count). The van der Waals surface area contributed by atoms with Crippen molar-refractivity contribution in [1.82, 2.24) is 10.6 Å². The smallest absolute Gasteiger partial charge is 0.373 e. The van der Waals surface area contributed by atoms with Gasteiger partial charge in [-0.2, -0.15) is 13.2 Å².